The van der Waals surface area contributed by atoms with Crippen LogP contribution in [-0.4, -0.2) is 56.2 Å². The van der Waals surface area contributed by atoms with Crippen molar-refractivity contribution in [1.82, 2.24) is 14.1 Å². The van der Waals surface area contributed by atoms with E-state index in [9.17, 15) is 21.6 Å². The largest absolute Gasteiger partial charge is 0.323 e. The molecule has 0 unspecified atom stereocenters. The Kier molecular flexibility index (Phi) is 6.56. The number of aryl methyl sites for hydroxylation is 1. The van der Waals surface area contributed by atoms with E-state index in [4.69, 9.17) is 11.6 Å². The number of halogens is 1. The zero-order valence-electron chi connectivity index (χ0n) is 16.6. The first kappa shape index (κ1) is 22.7. The molecule has 1 aromatic carbocycles. The second kappa shape index (κ2) is 8.66. The van der Waals surface area contributed by atoms with Crippen LogP contribution in [0.15, 0.2) is 40.4 Å². The maximum absolute atomic E-state index is 13.0. The average molecular weight is 475 g/mol. The van der Waals surface area contributed by atoms with E-state index in [0.717, 1.165) is 12.3 Å². The van der Waals surface area contributed by atoms with Gasteiger partial charge in [-0.25, -0.2) is 16.8 Å². The van der Waals surface area contributed by atoms with Crippen molar-refractivity contribution < 1.29 is 21.6 Å². The Labute approximate surface area is 181 Å². The third-order valence-electron chi connectivity index (χ3n) is 5.00. The lowest BCUT2D eigenvalue weighted by molar-refractivity contribution is -0.120. The van der Waals surface area contributed by atoms with Crippen LogP contribution < -0.4 is 5.32 Å². The van der Waals surface area contributed by atoms with Crippen LogP contribution in [0.25, 0.3) is 0 Å². The summed E-state index contributed by atoms with van der Waals surface area (Å²) in [6.07, 6.45) is 4.99. The second-order valence-corrected chi connectivity index (χ2v) is 11.4. The van der Waals surface area contributed by atoms with Gasteiger partial charge < -0.3 is 5.32 Å². The minimum absolute atomic E-state index is 0.0461. The first-order valence-corrected chi connectivity index (χ1v) is 13.1. The normalized spacial score (nSPS) is 16.5. The molecule has 1 aliphatic rings. The summed E-state index contributed by atoms with van der Waals surface area (Å²) in [4.78, 5) is 12.1. The van der Waals surface area contributed by atoms with Crippen molar-refractivity contribution in [1.29, 1.82) is 0 Å². The number of sulfone groups is 1. The Morgan fingerprint density at radius 3 is 2.47 bits per heavy atom. The molecule has 1 N–H and O–H groups in total. The van der Waals surface area contributed by atoms with Gasteiger partial charge in [0.25, 0.3) is 0 Å². The fourth-order valence-corrected chi connectivity index (χ4v) is 5.95. The number of carbonyl (C=O) groups excluding carboxylic acids is 1. The van der Waals surface area contributed by atoms with E-state index in [-0.39, 0.29) is 39.7 Å². The molecule has 1 amide bonds. The van der Waals surface area contributed by atoms with E-state index in [1.807, 2.05) is 6.92 Å². The van der Waals surface area contributed by atoms with Crippen LogP contribution in [0.3, 0.4) is 0 Å². The Balaban J connectivity index is 1.70. The summed E-state index contributed by atoms with van der Waals surface area (Å²) in [5, 5.41) is 6.86. The van der Waals surface area contributed by atoms with E-state index in [1.165, 1.54) is 16.4 Å². The lowest BCUT2D eigenvalue weighted by atomic mass is 9.97. The van der Waals surface area contributed by atoms with E-state index in [1.54, 1.807) is 17.1 Å². The number of anilines is 1. The van der Waals surface area contributed by atoms with Gasteiger partial charge >= 0.3 is 0 Å². The number of sulfonamides is 1. The van der Waals surface area contributed by atoms with Gasteiger partial charge in [-0.15, -0.1) is 0 Å². The van der Waals surface area contributed by atoms with Crippen molar-refractivity contribution in [2.75, 3.05) is 24.7 Å². The SMILES string of the molecule is CCn1cc(NC(=O)C2CCN(S(=O)(=O)c3cc(S(C)(=O)=O)ccc3Cl)CC2)cn1. The summed E-state index contributed by atoms with van der Waals surface area (Å²) in [5.41, 5.74) is 0.598. The highest BCUT2D eigenvalue weighted by atomic mass is 35.5. The molecule has 12 heteroatoms. The van der Waals surface area contributed by atoms with Crippen molar-refractivity contribution in [3.63, 3.8) is 0 Å². The number of hydrogen-bond acceptors (Lipinski definition) is 6. The first-order valence-electron chi connectivity index (χ1n) is 9.35. The average Bonchev–Trinajstić information content (AvgIpc) is 3.15. The lowest BCUT2D eigenvalue weighted by Gasteiger charge is -2.30. The molecule has 0 spiro atoms. The number of piperidine rings is 1. The van der Waals surface area contributed by atoms with E-state index in [2.05, 4.69) is 10.4 Å². The summed E-state index contributed by atoms with van der Waals surface area (Å²) < 4.78 is 52.6. The third kappa shape index (κ3) is 4.85. The van der Waals surface area contributed by atoms with Gasteiger partial charge in [0.1, 0.15) is 4.90 Å². The van der Waals surface area contributed by atoms with Crippen molar-refractivity contribution in [3.05, 3.63) is 35.6 Å². The molecule has 2 aromatic rings. The van der Waals surface area contributed by atoms with E-state index in [0.29, 0.717) is 25.1 Å². The maximum Gasteiger partial charge on any atom is 0.244 e. The Hall–Kier alpha value is -1.95. The van der Waals surface area contributed by atoms with Crippen LogP contribution in [-0.2, 0) is 31.2 Å². The minimum Gasteiger partial charge on any atom is -0.323 e. The Bertz CT molecular complexity index is 1150. The maximum atomic E-state index is 13.0. The molecule has 1 fully saturated rings. The third-order valence-corrected chi connectivity index (χ3v) is 8.49. The number of amides is 1. The molecule has 0 saturated carbocycles. The van der Waals surface area contributed by atoms with E-state index >= 15 is 0 Å². The highest BCUT2D eigenvalue weighted by molar-refractivity contribution is 7.91. The highest BCUT2D eigenvalue weighted by Gasteiger charge is 2.33. The molecule has 0 radical (unpaired) electrons. The van der Waals surface area contributed by atoms with Gasteiger partial charge in [0, 0.05) is 38.0 Å². The zero-order valence-corrected chi connectivity index (χ0v) is 19.0. The monoisotopic (exact) mass is 474 g/mol. The Morgan fingerprint density at radius 1 is 1.23 bits per heavy atom. The molecule has 30 heavy (non-hydrogen) atoms. The quantitative estimate of drug-likeness (QED) is 0.684. The van der Waals surface area contributed by atoms with Crippen LogP contribution in [0.5, 0.6) is 0 Å². The molecule has 9 nitrogen and oxygen atoms in total. The first-order chi connectivity index (χ1) is 14.0. The molecule has 0 atom stereocenters. The molecule has 1 aliphatic heterocycles. The van der Waals surface area contributed by atoms with Crippen LogP contribution in [0.2, 0.25) is 5.02 Å². The standard InChI is InChI=1S/C18H23ClN4O5S2/c1-3-22-12-14(11-20-22)21-18(24)13-6-8-23(9-7-13)30(27,28)17-10-15(29(2,25)26)4-5-16(17)19/h4-5,10-13H,3,6-9H2,1-2H3,(H,21,24). The highest BCUT2D eigenvalue weighted by Crippen LogP contribution is 2.30. The fourth-order valence-electron chi connectivity index (χ4n) is 3.25. The topological polar surface area (TPSA) is 118 Å². The van der Waals surface area contributed by atoms with Crippen molar-refractivity contribution in [2.45, 2.75) is 36.1 Å². The number of benzene rings is 1. The molecule has 2 heterocycles. The van der Waals surface area contributed by atoms with Gasteiger partial charge in [0.15, 0.2) is 9.84 Å². The summed E-state index contributed by atoms with van der Waals surface area (Å²) in [6, 6.07) is 3.62. The molecule has 0 aliphatic carbocycles. The predicted octanol–water partition coefficient (Wildman–Crippen LogP) is 2.00. The number of rotatable bonds is 6. The molecular formula is C18H23ClN4O5S2. The summed E-state index contributed by atoms with van der Waals surface area (Å²) in [5.74, 6) is -0.515. The van der Waals surface area contributed by atoms with Gasteiger partial charge in [-0.2, -0.15) is 9.40 Å². The number of aromatic nitrogens is 2. The number of carbonyl (C=O) groups is 1. The lowest BCUT2D eigenvalue weighted by Crippen LogP contribution is -2.41. The van der Waals surface area contributed by atoms with Crippen LogP contribution in [0, 0.1) is 5.92 Å². The second-order valence-electron chi connectivity index (χ2n) is 7.12. The van der Waals surface area contributed by atoms with Gasteiger partial charge in [0.05, 0.1) is 21.8 Å². The Morgan fingerprint density at radius 2 is 1.90 bits per heavy atom. The van der Waals surface area contributed by atoms with Crippen molar-refractivity contribution >= 4 is 43.1 Å². The molecule has 0 bridgehead atoms. The smallest absolute Gasteiger partial charge is 0.244 e. The summed E-state index contributed by atoms with van der Waals surface area (Å²) in [6.45, 7) is 2.89. The van der Waals surface area contributed by atoms with Crippen LogP contribution in [0.4, 0.5) is 5.69 Å². The number of nitrogens with zero attached hydrogens (tertiary/aromatic N) is 3. The van der Waals surface area contributed by atoms with Gasteiger partial charge in [-0.1, -0.05) is 11.6 Å². The molecule has 1 saturated heterocycles. The number of hydrogen-bond donors (Lipinski definition) is 1. The fraction of sp³-hybridized carbons (Fsp3) is 0.444. The van der Waals surface area contributed by atoms with Crippen molar-refractivity contribution in [2.24, 2.45) is 5.92 Å². The van der Waals surface area contributed by atoms with Gasteiger partial charge in [-0.05, 0) is 38.0 Å². The predicted molar refractivity (Wildman–Crippen MR) is 113 cm³/mol. The zero-order chi connectivity index (χ0) is 22.1. The summed E-state index contributed by atoms with van der Waals surface area (Å²) >= 11 is 6.06. The number of nitrogens with one attached hydrogen (secondary N) is 1. The molecular weight excluding hydrogens is 452 g/mol. The van der Waals surface area contributed by atoms with Gasteiger partial charge in [-0.3, -0.25) is 9.48 Å². The molecule has 1 aromatic heterocycles. The van der Waals surface area contributed by atoms with Crippen LogP contribution in [0.1, 0.15) is 19.8 Å². The van der Waals surface area contributed by atoms with E-state index < -0.39 is 19.9 Å². The van der Waals surface area contributed by atoms with Gasteiger partial charge in [0.2, 0.25) is 15.9 Å². The van der Waals surface area contributed by atoms with Crippen molar-refractivity contribution in [3.8, 4) is 0 Å². The molecule has 3 rings (SSSR count). The minimum atomic E-state index is -3.99. The van der Waals surface area contributed by atoms with Crippen LogP contribution >= 0.6 is 11.6 Å². The summed E-state index contributed by atoms with van der Waals surface area (Å²) in [7, 11) is -7.58. The molecule has 164 valence electrons.